The number of esters is 1. The molecule has 2 unspecified atom stereocenters. The van der Waals surface area contributed by atoms with Crippen LogP contribution in [0.4, 0.5) is 5.69 Å². The Balaban J connectivity index is 1.37. The van der Waals surface area contributed by atoms with Gasteiger partial charge in [-0.2, -0.15) is 0 Å². The molecule has 172 valence electrons. The molecule has 2 fully saturated rings. The zero-order valence-electron chi connectivity index (χ0n) is 19.0. The number of benzene rings is 2. The number of rotatable bonds is 6. The molecule has 2 saturated heterocycles. The third-order valence-electron chi connectivity index (χ3n) is 6.32. The van der Waals surface area contributed by atoms with Crippen molar-refractivity contribution < 1.29 is 23.9 Å². The van der Waals surface area contributed by atoms with E-state index in [1.54, 1.807) is 24.3 Å². The van der Waals surface area contributed by atoms with Crippen LogP contribution in [0.15, 0.2) is 48.5 Å². The standard InChI is InChI=1S/C26H28N2O5/c1-17-5-7-19(8-6-17)23(29)16-33-26(32)20-9-11-21(12-10-20)28-24(30)14-22(25(28)31)27-13-3-4-18(2)15-27/h5-12,18,22H,3-4,13-16H2,1-2H3. The summed E-state index contributed by atoms with van der Waals surface area (Å²) in [4.78, 5) is 53.5. The molecule has 0 N–H and O–H groups in total. The molecular formula is C26H28N2O5. The summed E-state index contributed by atoms with van der Waals surface area (Å²) in [5, 5.41) is 0. The Hall–Kier alpha value is -3.32. The Morgan fingerprint density at radius 2 is 1.67 bits per heavy atom. The lowest BCUT2D eigenvalue weighted by Gasteiger charge is -2.34. The van der Waals surface area contributed by atoms with Crippen LogP contribution >= 0.6 is 0 Å². The number of likely N-dealkylation sites (tertiary alicyclic amines) is 1. The van der Waals surface area contributed by atoms with Gasteiger partial charge in [-0.25, -0.2) is 9.69 Å². The summed E-state index contributed by atoms with van der Waals surface area (Å²) in [6, 6.07) is 12.8. The molecule has 2 aliphatic rings. The maximum absolute atomic E-state index is 13.0. The molecule has 0 saturated carbocycles. The van der Waals surface area contributed by atoms with Crippen molar-refractivity contribution in [3.63, 3.8) is 0 Å². The highest BCUT2D eigenvalue weighted by Gasteiger charge is 2.43. The van der Waals surface area contributed by atoms with Crippen molar-refractivity contribution in [1.82, 2.24) is 4.90 Å². The SMILES string of the molecule is Cc1ccc(C(=O)COC(=O)c2ccc(N3C(=O)CC(N4CCCC(C)C4)C3=O)cc2)cc1. The van der Waals surface area contributed by atoms with Gasteiger partial charge < -0.3 is 4.74 Å². The highest BCUT2D eigenvalue weighted by Crippen LogP contribution is 2.28. The van der Waals surface area contributed by atoms with E-state index in [1.165, 1.54) is 17.0 Å². The largest absolute Gasteiger partial charge is 0.454 e. The van der Waals surface area contributed by atoms with E-state index >= 15 is 0 Å². The van der Waals surface area contributed by atoms with Gasteiger partial charge in [-0.05, 0) is 56.5 Å². The van der Waals surface area contributed by atoms with Crippen LogP contribution in [-0.2, 0) is 14.3 Å². The first-order valence-corrected chi connectivity index (χ1v) is 11.3. The predicted octanol–water partition coefficient (Wildman–Crippen LogP) is 3.40. The number of hydrogen-bond donors (Lipinski definition) is 0. The first-order chi connectivity index (χ1) is 15.8. The topological polar surface area (TPSA) is 84.0 Å². The van der Waals surface area contributed by atoms with E-state index in [0.717, 1.165) is 31.5 Å². The third kappa shape index (κ3) is 5.03. The molecule has 0 aromatic heterocycles. The van der Waals surface area contributed by atoms with Crippen molar-refractivity contribution in [2.45, 2.75) is 39.2 Å². The first-order valence-electron chi connectivity index (χ1n) is 11.3. The van der Waals surface area contributed by atoms with E-state index in [9.17, 15) is 19.2 Å². The summed E-state index contributed by atoms with van der Waals surface area (Å²) in [6.45, 7) is 5.38. The van der Waals surface area contributed by atoms with Crippen LogP contribution in [-0.4, -0.2) is 54.2 Å². The third-order valence-corrected chi connectivity index (χ3v) is 6.32. The second kappa shape index (κ2) is 9.67. The van der Waals surface area contributed by atoms with Gasteiger partial charge in [-0.3, -0.25) is 19.3 Å². The number of nitrogens with zero attached hydrogens (tertiary/aromatic N) is 2. The molecule has 7 heteroatoms. The molecule has 0 spiro atoms. The number of amides is 2. The van der Waals surface area contributed by atoms with Crippen LogP contribution in [0.5, 0.6) is 0 Å². The predicted molar refractivity (Wildman–Crippen MR) is 123 cm³/mol. The van der Waals surface area contributed by atoms with Crippen LogP contribution < -0.4 is 4.90 Å². The summed E-state index contributed by atoms with van der Waals surface area (Å²) in [5.74, 6) is -0.859. The van der Waals surface area contributed by atoms with Crippen LogP contribution in [0, 0.1) is 12.8 Å². The number of carbonyl (C=O) groups is 4. The molecule has 33 heavy (non-hydrogen) atoms. The van der Waals surface area contributed by atoms with Gasteiger partial charge in [-0.1, -0.05) is 36.8 Å². The number of Topliss-reactive ketones (excluding diaryl/α,β-unsaturated/α-hetero) is 1. The van der Waals surface area contributed by atoms with Gasteiger partial charge in [-0.15, -0.1) is 0 Å². The van der Waals surface area contributed by atoms with E-state index in [2.05, 4.69) is 11.8 Å². The second-order valence-electron chi connectivity index (χ2n) is 8.94. The minimum Gasteiger partial charge on any atom is -0.454 e. The van der Waals surface area contributed by atoms with Gasteiger partial charge in [0.2, 0.25) is 5.91 Å². The lowest BCUT2D eigenvalue weighted by molar-refractivity contribution is -0.123. The molecule has 2 heterocycles. The van der Waals surface area contributed by atoms with Crippen molar-refractivity contribution in [3.05, 3.63) is 65.2 Å². The quantitative estimate of drug-likeness (QED) is 0.383. The van der Waals surface area contributed by atoms with E-state index in [-0.39, 0.29) is 36.2 Å². The fourth-order valence-corrected chi connectivity index (χ4v) is 4.47. The first kappa shape index (κ1) is 22.9. The van der Waals surface area contributed by atoms with Crippen molar-refractivity contribution in [3.8, 4) is 0 Å². The average Bonchev–Trinajstić information content (AvgIpc) is 3.11. The van der Waals surface area contributed by atoms with Gasteiger partial charge in [0.1, 0.15) is 0 Å². The molecule has 2 aliphatic heterocycles. The molecule has 7 nitrogen and oxygen atoms in total. The van der Waals surface area contributed by atoms with E-state index < -0.39 is 12.0 Å². The number of carbonyl (C=O) groups excluding carboxylic acids is 4. The second-order valence-corrected chi connectivity index (χ2v) is 8.94. The maximum atomic E-state index is 13.0. The molecule has 2 aromatic rings. The van der Waals surface area contributed by atoms with E-state index in [0.29, 0.717) is 17.2 Å². The fraction of sp³-hybridized carbons (Fsp3) is 0.385. The highest BCUT2D eigenvalue weighted by atomic mass is 16.5. The molecule has 0 bridgehead atoms. The van der Waals surface area contributed by atoms with E-state index in [1.807, 2.05) is 19.1 Å². The Morgan fingerprint density at radius 3 is 2.33 bits per heavy atom. The summed E-state index contributed by atoms with van der Waals surface area (Å²) >= 11 is 0. The van der Waals surface area contributed by atoms with Gasteiger partial charge >= 0.3 is 5.97 Å². The minimum absolute atomic E-state index is 0.177. The number of aryl methyl sites for hydroxylation is 1. The summed E-state index contributed by atoms with van der Waals surface area (Å²) in [6.07, 6.45) is 2.35. The van der Waals surface area contributed by atoms with E-state index in [4.69, 9.17) is 4.74 Å². The number of hydrogen-bond acceptors (Lipinski definition) is 6. The zero-order valence-corrected chi connectivity index (χ0v) is 19.0. The van der Waals surface area contributed by atoms with Gasteiger partial charge in [0.15, 0.2) is 12.4 Å². The van der Waals surface area contributed by atoms with Gasteiger partial charge in [0.05, 0.1) is 23.7 Å². The molecule has 2 atom stereocenters. The average molecular weight is 449 g/mol. The fourth-order valence-electron chi connectivity index (χ4n) is 4.47. The minimum atomic E-state index is -0.638. The van der Waals surface area contributed by atoms with Gasteiger partial charge in [0.25, 0.3) is 5.91 Å². The van der Waals surface area contributed by atoms with Crippen LogP contribution in [0.1, 0.15) is 52.5 Å². The number of ether oxygens (including phenoxy) is 1. The normalized spacial score (nSPS) is 21.3. The van der Waals surface area contributed by atoms with Crippen molar-refractivity contribution in [1.29, 1.82) is 0 Å². The van der Waals surface area contributed by atoms with Crippen LogP contribution in [0.3, 0.4) is 0 Å². The van der Waals surface area contributed by atoms with Crippen LogP contribution in [0.2, 0.25) is 0 Å². The molecular weight excluding hydrogens is 420 g/mol. The Bertz CT molecular complexity index is 1060. The molecule has 0 aliphatic carbocycles. The lowest BCUT2D eigenvalue weighted by atomic mass is 9.98. The number of anilines is 1. The molecule has 2 amide bonds. The van der Waals surface area contributed by atoms with Crippen molar-refractivity contribution >= 4 is 29.3 Å². The lowest BCUT2D eigenvalue weighted by Crippen LogP contribution is -2.46. The Labute approximate surface area is 193 Å². The number of imide groups is 1. The zero-order chi connectivity index (χ0) is 23.5. The molecule has 0 radical (unpaired) electrons. The summed E-state index contributed by atoms with van der Waals surface area (Å²) < 4.78 is 5.15. The maximum Gasteiger partial charge on any atom is 0.338 e. The number of ketones is 1. The number of piperidine rings is 1. The van der Waals surface area contributed by atoms with Crippen molar-refractivity contribution in [2.24, 2.45) is 5.92 Å². The van der Waals surface area contributed by atoms with Crippen LogP contribution in [0.25, 0.3) is 0 Å². The summed E-state index contributed by atoms with van der Waals surface area (Å²) in [5.41, 5.74) is 2.20. The Kier molecular flexibility index (Phi) is 6.70. The van der Waals surface area contributed by atoms with Crippen molar-refractivity contribution in [2.75, 3.05) is 24.6 Å². The highest BCUT2D eigenvalue weighted by molar-refractivity contribution is 6.22. The molecule has 4 rings (SSSR count). The summed E-state index contributed by atoms with van der Waals surface area (Å²) in [7, 11) is 0. The van der Waals surface area contributed by atoms with Gasteiger partial charge in [0, 0.05) is 12.1 Å². The monoisotopic (exact) mass is 448 g/mol. The molecule has 2 aromatic carbocycles. The Morgan fingerprint density at radius 1 is 1.00 bits per heavy atom. The smallest absolute Gasteiger partial charge is 0.338 e.